The second-order valence-corrected chi connectivity index (χ2v) is 7.09. The fraction of sp³-hybridized carbons (Fsp3) is 0.409. The molecule has 0 aliphatic carbocycles. The lowest BCUT2D eigenvalue weighted by Gasteiger charge is -2.27. The van der Waals surface area contributed by atoms with Gasteiger partial charge >= 0.3 is 0 Å². The number of aryl methyl sites for hydroxylation is 1. The zero-order chi connectivity index (χ0) is 18.4. The van der Waals surface area contributed by atoms with Crippen LogP contribution in [0.25, 0.3) is 0 Å². The summed E-state index contributed by atoms with van der Waals surface area (Å²) in [6.07, 6.45) is 3.54. The monoisotopic (exact) mass is 352 g/mol. The van der Waals surface area contributed by atoms with Gasteiger partial charge in [0.1, 0.15) is 0 Å². The van der Waals surface area contributed by atoms with Gasteiger partial charge < -0.3 is 15.0 Å². The van der Waals surface area contributed by atoms with E-state index >= 15 is 0 Å². The second kappa shape index (κ2) is 8.86. The van der Waals surface area contributed by atoms with Gasteiger partial charge in [-0.05, 0) is 56.0 Å². The number of benzene rings is 2. The SMILES string of the molecule is Cc1ccc(NCc2ccc(C(=O)N(C)C[C@@H]3CCCCO3)cc2)cc1. The molecule has 1 fully saturated rings. The first-order chi connectivity index (χ1) is 12.6. The van der Waals surface area contributed by atoms with Crippen molar-refractivity contribution in [3.8, 4) is 0 Å². The van der Waals surface area contributed by atoms with Crippen LogP contribution in [0.4, 0.5) is 5.69 Å². The molecule has 2 aromatic rings. The van der Waals surface area contributed by atoms with Gasteiger partial charge in [0.2, 0.25) is 0 Å². The van der Waals surface area contributed by atoms with Crippen LogP contribution in [0, 0.1) is 6.92 Å². The van der Waals surface area contributed by atoms with Crippen LogP contribution in [0.3, 0.4) is 0 Å². The van der Waals surface area contributed by atoms with Crippen LogP contribution in [-0.4, -0.2) is 37.1 Å². The first-order valence-corrected chi connectivity index (χ1v) is 9.38. The third kappa shape index (κ3) is 5.09. The molecule has 26 heavy (non-hydrogen) atoms. The van der Waals surface area contributed by atoms with Crippen LogP contribution >= 0.6 is 0 Å². The van der Waals surface area contributed by atoms with Gasteiger partial charge in [-0.3, -0.25) is 4.79 Å². The van der Waals surface area contributed by atoms with Crippen molar-refractivity contribution in [1.29, 1.82) is 0 Å². The zero-order valence-electron chi connectivity index (χ0n) is 15.7. The normalized spacial score (nSPS) is 16.9. The Kier molecular flexibility index (Phi) is 6.29. The Morgan fingerprint density at radius 3 is 2.50 bits per heavy atom. The molecule has 0 spiro atoms. The van der Waals surface area contributed by atoms with Gasteiger partial charge in [0.15, 0.2) is 0 Å². The van der Waals surface area contributed by atoms with Gasteiger partial charge in [0.25, 0.3) is 5.91 Å². The van der Waals surface area contributed by atoms with E-state index in [0.29, 0.717) is 6.54 Å². The molecule has 0 saturated carbocycles. The Labute approximate surface area is 156 Å². The highest BCUT2D eigenvalue weighted by Gasteiger charge is 2.19. The number of nitrogens with zero attached hydrogens (tertiary/aromatic N) is 1. The first-order valence-electron chi connectivity index (χ1n) is 9.38. The lowest BCUT2D eigenvalue weighted by atomic mass is 10.1. The number of rotatable bonds is 6. The molecule has 1 N–H and O–H groups in total. The minimum Gasteiger partial charge on any atom is -0.381 e. The van der Waals surface area contributed by atoms with Crippen molar-refractivity contribution < 1.29 is 9.53 Å². The highest BCUT2D eigenvalue weighted by atomic mass is 16.5. The van der Waals surface area contributed by atoms with E-state index < -0.39 is 0 Å². The highest BCUT2D eigenvalue weighted by Crippen LogP contribution is 2.15. The maximum absolute atomic E-state index is 12.6. The van der Waals surface area contributed by atoms with Crippen molar-refractivity contribution in [2.45, 2.75) is 38.8 Å². The summed E-state index contributed by atoms with van der Waals surface area (Å²) >= 11 is 0. The van der Waals surface area contributed by atoms with Gasteiger partial charge in [-0.15, -0.1) is 0 Å². The molecule has 138 valence electrons. The molecule has 2 aromatic carbocycles. The molecule has 1 heterocycles. The number of amides is 1. The summed E-state index contributed by atoms with van der Waals surface area (Å²) in [5.74, 6) is 0.0530. The minimum absolute atomic E-state index is 0.0530. The Hall–Kier alpha value is -2.33. The fourth-order valence-corrected chi connectivity index (χ4v) is 3.20. The van der Waals surface area contributed by atoms with Crippen LogP contribution in [0.2, 0.25) is 0 Å². The Morgan fingerprint density at radius 2 is 1.85 bits per heavy atom. The van der Waals surface area contributed by atoms with E-state index in [1.807, 2.05) is 31.3 Å². The molecule has 0 bridgehead atoms. The summed E-state index contributed by atoms with van der Waals surface area (Å²) in [7, 11) is 1.85. The molecule has 1 saturated heterocycles. The van der Waals surface area contributed by atoms with E-state index in [9.17, 15) is 4.79 Å². The lowest BCUT2D eigenvalue weighted by Crippen LogP contribution is -2.37. The lowest BCUT2D eigenvalue weighted by molar-refractivity contribution is -0.000187. The van der Waals surface area contributed by atoms with Crippen molar-refractivity contribution in [3.63, 3.8) is 0 Å². The molecular formula is C22H28N2O2. The Bertz CT molecular complexity index is 704. The summed E-state index contributed by atoms with van der Waals surface area (Å²) < 4.78 is 5.73. The number of carbonyl (C=O) groups is 1. The minimum atomic E-state index is 0.0530. The average molecular weight is 352 g/mol. The predicted molar refractivity (Wildman–Crippen MR) is 105 cm³/mol. The van der Waals surface area contributed by atoms with Crippen molar-refractivity contribution in [2.24, 2.45) is 0 Å². The number of carbonyl (C=O) groups excluding carboxylic acids is 1. The van der Waals surface area contributed by atoms with Gasteiger partial charge in [-0.1, -0.05) is 29.8 Å². The highest BCUT2D eigenvalue weighted by molar-refractivity contribution is 5.94. The molecule has 1 aliphatic rings. The number of ether oxygens (including phenoxy) is 1. The summed E-state index contributed by atoms with van der Waals surface area (Å²) in [6, 6.07) is 16.2. The average Bonchev–Trinajstić information content (AvgIpc) is 2.68. The smallest absolute Gasteiger partial charge is 0.253 e. The molecule has 1 amide bonds. The van der Waals surface area contributed by atoms with Crippen LogP contribution < -0.4 is 5.32 Å². The molecule has 0 unspecified atom stereocenters. The maximum Gasteiger partial charge on any atom is 0.253 e. The van der Waals surface area contributed by atoms with Gasteiger partial charge in [-0.2, -0.15) is 0 Å². The first kappa shape index (κ1) is 18.5. The second-order valence-electron chi connectivity index (χ2n) is 7.09. The summed E-state index contributed by atoms with van der Waals surface area (Å²) in [6.45, 7) is 4.30. The summed E-state index contributed by atoms with van der Waals surface area (Å²) in [5, 5.41) is 3.40. The van der Waals surface area contributed by atoms with Crippen LogP contribution in [-0.2, 0) is 11.3 Å². The van der Waals surface area contributed by atoms with Crippen molar-refractivity contribution >= 4 is 11.6 Å². The number of likely N-dealkylation sites (N-methyl/N-ethyl adjacent to an activating group) is 1. The quantitative estimate of drug-likeness (QED) is 0.845. The van der Waals surface area contributed by atoms with E-state index in [4.69, 9.17) is 4.74 Å². The van der Waals surface area contributed by atoms with E-state index in [-0.39, 0.29) is 12.0 Å². The molecule has 0 radical (unpaired) electrons. The van der Waals surface area contributed by atoms with Crippen LogP contribution in [0.15, 0.2) is 48.5 Å². The Morgan fingerprint density at radius 1 is 1.12 bits per heavy atom. The Balaban J connectivity index is 1.52. The maximum atomic E-state index is 12.6. The van der Waals surface area contributed by atoms with Crippen molar-refractivity contribution in [3.05, 3.63) is 65.2 Å². The number of hydrogen-bond acceptors (Lipinski definition) is 3. The van der Waals surface area contributed by atoms with Gasteiger partial charge in [0, 0.05) is 38.0 Å². The van der Waals surface area contributed by atoms with Crippen molar-refractivity contribution in [1.82, 2.24) is 4.90 Å². The summed E-state index contributed by atoms with van der Waals surface area (Å²) in [5.41, 5.74) is 4.23. The molecule has 4 nitrogen and oxygen atoms in total. The number of hydrogen-bond donors (Lipinski definition) is 1. The molecular weight excluding hydrogens is 324 g/mol. The molecule has 1 aliphatic heterocycles. The van der Waals surface area contributed by atoms with Crippen LogP contribution in [0.1, 0.15) is 40.7 Å². The molecule has 1 atom stereocenters. The predicted octanol–water partition coefficient (Wildman–Crippen LogP) is 4.25. The van der Waals surface area contributed by atoms with E-state index in [0.717, 1.165) is 42.8 Å². The van der Waals surface area contributed by atoms with Gasteiger partial charge in [0.05, 0.1) is 6.10 Å². The standard InChI is InChI=1S/C22H28N2O2/c1-17-6-12-20(13-7-17)23-15-18-8-10-19(11-9-18)22(25)24(2)16-21-5-3-4-14-26-21/h6-13,21,23H,3-5,14-16H2,1-2H3/t21-/m0/s1. The third-order valence-corrected chi connectivity index (χ3v) is 4.85. The molecule has 0 aromatic heterocycles. The zero-order valence-corrected chi connectivity index (χ0v) is 15.7. The van der Waals surface area contributed by atoms with Crippen molar-refractivity contribution in [2.75, 3.05) is 25.5 Å². The molecule has 4 heteroatoms. The van der Waals surface area contributed by atoms with Crippen LogP contribution in [0.5, 0.6) is 0 Å². The van der Waals surface area contributed by atoms with E-state index in [2.05, 4.69) is 36.5 Å². The topological polar surface area (TPSA) is 41.6 Å². The number of nitrogens with one attached hydrogen (secondary N) is 1. The largest absolute Gasteiger partial charge is 0.381 e. The number of anilines is 1. The molecule has 3 rings (SSSR count). The third-order valence-electron chi connectivity index (χ3n) is 4.85. The van der Waals surface area contributed by atoms with E-state index in [1.54, 1.807) is 4.90 Å². The van der Waals surface area contributed by atoms with E-state index in [1.165, 1.54) is 12.0 Å². The fourth-order valence-electron chi connectivity index (χ4n) is 3.20. The van der Waals surface area contributed by atoms with Gasteiger partial charge in [-0.25, -0.2) is 0 Å². The summed E-state index contributed by atoms with van der Waals surface area (Å²) in [4.78, 5) is 14.4.